The van der Waals surface area contributed by atoms with E-state index in [-0.39, 0.29) is 0 Å². The number of methoxy groups -OCH3 is 1. The largest absolute Gasteiger partial charge is 0.382 e. The third kappa shape index (κ3) is 13.8. The Kier molecular flexibility index (Phi) is 8.94. The van der Waals surface area contributed by atoms with Crippen LogP contribution in [0.4, 0.5) is 0 Å². The summed E-state index contributed by atoms with van der Waals surface area (Å²) in [5.74, 6) is -1.08. The molecule has 5 heteroatoms. The van der Waals surface area contributed by atoms with E-state index in [1.165, 1.54) is 0 Å². The monoisotopic (exact) mass is 222 g/mol. The van der Waals surface area contributed by atoms with E-state index in [1.54, 1.807) is 21.0 Å². The molecule has 0 aliphatic carbocycles. The molecular weight excluding hydrogens is 200 g/mol. The van der Waals surface area contributed by atoms with Crippen molar-refractivity contribution in [2.24, 2.45) is 0 Å². The van der Waals surface area contributed by atoms with Gasteiger partial charge in [0, 0.05) is 7.11 Å². The zero-order chi connectivity index (χ0) is 11.6. The molecule has 0 aromatic rings. The van der Waals surface area contributed by atoms with Crippen molar-refractivity contribution >= 4 is 0 Å². The summed E-state index contributed by atoms with van der Waals surface area (Å²) in [4.78, 5) is 0. The van der Waals surface area contributed by atoms with Crippen LogP contribution in [0.5, 0.6) is 0 Å². The van der Waals surface area contributed by atoms with Crippen LogP contribution in [0, 0.1) is 0 Å². The fourth-order valence-electron chi connectivity index (χ4n) is 0.815. The Hall–Kier alpha value is -0.200. The van der Waals surface area contributed by atoms with Gasteiger partial charge in [0.05, 0.1) is 39.6 Å². The van der Waals surface area contributed by atoms with Gasteiger partial charge in [0.25, 0.3) is 0 Å². The zero-order valence-corrected chi connectivity index (χ0v) is 9.82. The summed E-state index contributed by atoms with van der Waals surface area (Å²) < 4.78 is 20.2. The smallest absolute Gasteiger partial charge is 0.159 e. The normalized spacial score (nSPS) is 12.0. The second-order valence-corrected chi connectivity index (χ2v) is 3.51. The lowest BCUT2D eigenvalue weighted by Gasteiger charge is -2.17. The average Bonchev–Trinajstić information content (AvgIpc) is 2.14. The van der Waals surface area contributed by atoms with E-state index in [9.17, 15) is 5.11 Å². The van der Waals surface area contributed by atoms with E-state index in [0.717, 1.165) is 0 Å². The Morgan fingerprint density at radius 3 is 1.80 bits per heavy atom. The molecule has 0 aliphatic rings. The highest BCUT2D eigenvalue weighted by Crippen LogP contribution is 2.01. The summed E-state index contributed by atoms with van der Waals surface area (Å²) in [5.41, 5.74) is 0. The van der Waals surface area contributed by atoms with Gasteiger partial charge in [-0.3, -0.25) is 0 Å². The van der Waals surface area contributed by atoms with E-state index < -0.39 is 5.79 Å². The number of rotatable bonds is 10. The SMILES string of the molecule is COCCOCCOCCOC(C)(C)O. The summed E-state index contributed by atoms with van der Waals surface area (Å²) in [7, 11) is 1.63. The molecule has 0 amide bonds. The lowest BCUT2D eigenvalue weighted by molar-refractivity contribution is -0.183. The molecule has 5 nitrogen and oxygen atoms in total. The summed E-state index contributed by atoms with van der Waals surface area (Å²) in [6.07, 6.45) is 0. The van der Waals surface area contributed by atoms with Gasteiger partial charge in [-0.2, -0.15) is 0 Å². The highest BCUT2D eigenvalue weighted by Gasteiger charge is 2.10. The Morgan fingerprint density at radius 2 is 1.33 bits per heavy atom. The van der Waals surface area contributed by atoms with E-state index in [0.29, 0.717) is 39.6 Å². The van der Waals surface area contributed by atoms with Crippen LogP contribution >= 0.6 is 0 Å². The topological polar surface area (TPSA) is 57.2 Å². The van der Waals surface area contributed by atoms with Crippen LogP contribution in [-0.2, 0) is 18.9 Å². The van der Waals surface area contributed by atoms with Gasteiger partial charge in [-0.25, -0.2) is 0 Å². The van der Waals surface area contributed by atoms with Crippen molar-refractivity contribution in [3.05, 3.63) is 0 Å². The van der Waals surface area contributed by atoms with Gasteiger partial charge in [0.15, 0.2) is 5.79 Å². The van der Waals surface area contributed by atoms with Crippen molar-refractivity contribution in [1.82, 2.24) is 0 Å². The maximum atomic E-state index is 9.20. The van der Waals surface area contributed by atoms with Gasteiger partial charge in [-0.05, 0) is 13.8 Å². The average molecular weight is 222 g/mol. The van der Waals surface area contributed by atoms with Crippen LogP contribution in [0.3, 0.4) is 0 Å². The standard InChI is InChI=1S/C10H22O5/c1-10(2,11)15-9-8-14-7-6-13-5-4-12-3/h11H,4-9H2,1-3H3. The molecule has 0 aromatic carbocycles. The number of ether oxygens (including phenoxy) is 4. The Labute approximate surface area is 91.3 Å². The van der Waals surface area contributed by atoms with Crippen molar-refractivity contribution in [2.45, 2.75) is 19.6 Å². The first-order valence-electron chi connectivity index (χ1n) is 5.07. The van der Waals surface area contributed by atoms with Crippen molar-refractivity contribution in [3.8, 4) is 0 Å². The second-order valence-electron chi connectivity index (χ2n) is 3.51. The fourth-order valence-corrected chi connectivity index (χ4v) is 0.815. The Bertz CT molecular complexity index is 132. The summed E-state index contributed by atoms with van der Waals surface area (Å²) in [6, 6.07) is 0. The van der Waals surface area contributed by atoms with E-state index in [2.05, 4.69) is 0 Å². The van der Waals surface area contributed by atoms with Crippen LogP contribution < -0.4 is 0 Å². The first-order valence-corrected chi connectivity index (χ1v) is 5.07. The van der Waals surface area contributed by atoms with Crippen LogP contribution in [0.1, 0.15) is 13.8 Å². The van der Waals surface area contributed by atoms with Gasteiger partial charge in [0.1, 0.15) is 0 Å². The zero-order valence-electron chi connectivity index (χ0n) is 9.82. The summed E-state index contributed by atoms with van der Waals surface area (Å²) in [5, 5.41) is 9.20. The maximum Gasteiger partial charge on any atom is 0.159 e. The highest BCUT2D eigenvalue weighted by atomic mass is 16.6. The quantitative estimate of drug-likeness (QED) is 0.428. The third-order valence-electron chi connectivity index (χ3n) is 1.49. The number of aliphatic hydroxyl groups is 1. The molecule has 0 rings (SSSR count). The van der Waals surface area contributed by atoms with Crippen molar-refractivity contribution < 1.29 is 24.1 Å². The highest BCUT2D eigenvalue weighted by molar-refractivity contribution is 4.47. The van der Waals surface area contributed by atoms with Crippen LogP contribution in [0.15, 0.2) is 0 Å². The molecule has 0 aromatic heterocycles. The lowest BCUT2D eigenvalue weighted by atomic mass is 10.4. The third-order valence-corrected chi connectivity index (χ3v) is 1.49. The predicted molar refractivity (Wildman–Crippen MR) is 55.8 cm³/mol. The molecule has 0 aliphatic heterocycles. The number of hydrogen-bond donors (Lipinski definition) is 1. The van der Waals surface area contributed by atoms with Gasteiger partial charge in [-0.15, -0.1) is 0 Å². The molecule has 0 atom stereocenters. The molecule has 0 saturated heterocycles. The molecule has 0 saturated carbocycles. The molecule has 0 heterocycles. The molecule has 0 radical (unpaired) electrons. The Balaban J connectivity index is 2.99. The minimum absolute atomic E-state index is 0.377. The van der Waals surface area contributed by atoms with Gasteiger partial charge in [-0.1, -0.05) is 0 Å². The van der Waals surface area contributed by atoms with E-state index >= 15 is 0 Å². The lowest BCUT2D eigenvalue weighted by Crippen LogP contribution is -2.25. The van der Waals surface area contributed by atoms with Crippen LogP contribution in [0.25, 0.3) is 0 Å². The van der Waals surface area contributed by atoms with Crippen molar-refractivity contribution in [2.75, 3.05) is 46.8 Å². The second kappa shape index (κ2) is 9.06. The molecule has 0 spiro atoms. The maximum absolute atomic E-state index is 9.20. The molecule has 0 fully saturated rings. The fraction of sp³-hybridized carbons (Fsp3) is 1.00. The summed E-state index contributed by atoms with van der Waals surface area (Å²) in [6.45, 7) is 6.26. The molecule has 0 unspecified atom stereocenters. The van der Waals surface area contributed by atoms with Crippen molar-refractivity contribution in [3.63, 3.8) is 0 Å². The van der Waals surface area contributed by atoms with Crippen LogP contribution in [0.2, 0.25) is 0 Å². The van der Waals surface area contributed by atoms with Gasteiger partial charge < -0.3 is 24.1 Å². The van der Waals surface area contributed by atoms with E-state index in [4.69, 9.17) is 18.9 Å². The van der Waals surface area contributed by atoms with Crippen molar-refractivity contribution in [1.29, 1.82) is 0 Å². The molecule has 92 valence electrons. The first kappa shape index (κ1) is 14.8. The van der Waals surface area contributed by atoms with E-state index in [1.807, 2.05) is 0 Å². The predicted octanol–water partition coefficient (Wildman–Crippen LogP) is 0.411. The molecule has 1 N–H and O–H groups in total. The minimum atomic E-state index is -1.08. The van der Waals surface area contributed by atoms with Gasteiger partial charge in [0.2, 0.25) is 0 Å². The first-order chi connectivity index (χ1) is 7.06. The molecule has 0 bridgehead atoms. The Morgan fingerprint density at radius 1 is 0.867 bits per heavy atom. The summed E-state index contributed by atoms with van der Waals surface area (Å²) >= 11 is 0. The minimum Gasteiger partial charge on any atom is -0.382 e. The molecular formula is C10H22O5. The van der Waals surface area contributed by atoms with Crippen LogP contribution in [-0.4, -0.2) is 57.6 Å². The molecule has 15 heavy (non-hydrogen) atoms. The van der Waals surface area contributed by atoms with Gasteiger partial charge >= 0.3 is 0 Å². The number of hydrogen-bond acceptors (Lipinski definition) is 5.